The average Bonchev–Trinajstić information content (AvgIpc) is 3.62. The summed E-state index contributed by atoms with van der Waals surface area (Å²) in [5.74, 6) is 1.68. The van der Waals surface area contributed by atoms with Crippen molar-refractivity contribution in [2.24, 2.45) is 0 Å². The highest BCUT2D eigenvalue weighted by Gasteiger charge is 2.23. The Morgan fingerprint density at radius 3 is 1.69 bits per heavy atom. The lowest BCUT2D eigenvalue weighted by atomic mass is 9.92. The standard InChI is InChI=1S/C42H26N2O/c1-2-13-29-28(12-1)30-14-3-9-21-38(30)44-39-25-24-27(43-36-19-7-4-15-31(36)32-16-5-8-20-37(32)43)26-35(39)34-18-11-23-41(42(34)44)45-40-22-10-6-17-33(29)40/h1-26H. The summed E-state index contributed by atoms with van der Waals surface area (Å²) in [6, 6.07) is 56.5. The fourth-order valence-corrected chi connectivity index (χ4v) is 7.44. The van der Waals surface area contributed by atoms with Crippen LogP contribution >= 0.6 is 0 Å². The van der Waals surface area contributed by atoms with E-state index >= 15 is 0 Å². The van der Waals surface area contributed by atoms with Crippen molar-refractivity contribution in [1.82, 2.24) is 9.13 Å². The van der Waals surface area contributed by atoms with E-state index in [0.29, 0.717) is 0 Å². The molecule has 45 heavy (non-hydrogen) atoms. The Bertz CT molecular complexity index is 2580. The van der Waals surface area contributed by atoms with Crippen LogP contribution in [-0.2, 0) is 0 Å². The number of fused-ring (bicyclic) bond motifs is 12. The Labute approximate surface area is 259 Å². The second-order valence-corrected chi connectivity index (χ2v) is 11.7. The first-order valence-corrected chi connectivity index (χ1v) is 15.4. The lowest BCUT2D eigenvalue weighted by Gasteiger charge is -2.21. The lowest BCUT2D eigenvalue weighted by molar-refractivity contribution is 0.488. The Hall–Kier alpha value is -6.06. The smallest absolute Gasteiger partial charge is 0.152 e. The zero-order valence-corrected chi connectivity index (χ0v) is 24.3. The van der Waals surface area contributed by atoms with Crippen LogP contribution in [0.15, 0.2) is 158 Å². The van der Waals surface area contributed by atoms with Gasteiger partial charge in [-0.2, -0.15) is 0 Å². The van der Waals surface area contributed by atoms with Crippen molar-refractivity contribution in [3.8, 4) is 45.1 Å². The van der Waals surface area contributed by atoms with Crippen molar-refractivity contribution in [3.63, 3.8) is 0 Å². The molecule has 0 saturated carbocycles. The van der Waals surface area contributed by atoms with Crippen LogP contribution in [0.5, 0.6) is 11.5 Å². The van der Waals surface area contributed by atoms with Crippen LogP contribution in [0.1, 0.15) is 0 Å². The van der Waals surface area contributed by atoms with Crippen molar-refractivity contribution in [3.05, 3.63) is 158 Å². The van der Waals surface area contributed by atoms with Crippen LogP contribution in [0.2, 0.25) is 0 Å². The van der Waals surface area contributed by atoms with Gasteiger partial charge < -0.3 is 13.9 Å². The van der Waals surface area contributed by atoms with Gasteiger partial charge in [0.25, 0.3) is 0 Å². The van der Waals surface area contributed by atoms with Crippen LogP contribution in [0.25, 0.3) is 77.2 Å². The summed E-state index contributed by atoms with van der Waals surface area (Å²) in [6.45, 7) is 0. The molecule has 0 aliphatic carbocycles. The molecule has 1 aliphatic rings. The summed E-state index contributed by atoms with van der Waals surface area (Å²) in [5, 5.41) is 4.86. The molecule has 3 heterocycles. The van der Waals surface area contributed by atoms with E-state index in [4.69, 9.17) is 4.74 Å². The van der Waals surface area contributed by atoms with Gasteiger partial charge in [0, 0.05) is 38.4 Å². The first-order chi connectivity index (χ1) is 22.3. The van der Waals surface area contributed by atoms with Gasteiger partial charge in [0.2, 0.25) is 0 Å². The number of ether oxygens (including phenoxy) is 1. The molecule has 0 fully saturated rings. The number of hydrogen-bond donors (Lipinski definition) is 0. The van der Waals surface area contributed by atoms with Crippen molar-refractivity contribution >= 4 is 43.6 Å². The van der Waals surface area contributed by atoms with Crippen LogP contribution in [0, 0.1) is 0 Å². The van der Waals surface area contributed by atoms with Gasteiger partial charge in [-0.25, -0.2) is 0 Å². The van der Waals surface area contributed by atoms with Gasteiger partial charge in [0.05, 0.1) is 27.8 Å². The maximum atomic E-state index is 6.88. The molecule has 1 aliphatic heterocycles. The fraction of sp³-hybridized carbons (Fsp3) is 0. The summed E-state index contributed by atoms with van der Waals surface area (Å²) < 4.78 is 11.7. The minimum atomic E-state index is 0.837. The van der Waals surface area contributed by atoms with Gasteiger partial charge in [-0.1, -0.05) is 109 Å². The molecule has 0 unspecified atom stereocenters. The number of aromatic nitrogens is 2. The highest BCUT2D eigenvalue weighted by molar-refractivity contribution is 6.14. The fourth-order valence-electron chi connectivity index (χ4n) is 7.44. The maximum Gasteiger partial charge on any atom is 0.152 e. The minimum absolute atomic E-state index is 0.837. The molecule has 0 bridgehead atoms. The highest BCUT2D eigenvalue weighted by atomic mass is 16.5. The molecule has 0 N–H and O–H groups in total. The number of hydrogen-bond acceptors (Lipinski definition) is 1. The third-order valence-electron chi connectivity index (χ3n) is 9.33. The number of benzene rings is 7. The van der Waals surface area contributed by atoms with E-state index in [0.717, 1.165) is 50.4 Å². The first kappa shape index (κ1) is 24.4. The quantitative estimate of drug-likeness (QED) is 0.191. The molecule has 210 valence electrons. The summed E-state index contributed by atoms with van der Waals surface area (Å²) in [6.07, 6.45) is 0. The van der Waals surface area contributed by atoms with Gasteiger partial charge in [-0.3, -0.25) is 0 Å². The Morgan fingerprint density at radius 1 is 0.356 bits per heavy atom. The Kier molecular flexibility index (Phi) is 5.00. The number of rotatable bonds is 1. The maximum absolute atomic E-state index is 6.88. The minimum Gasteiger partial charge on any atom is -0.454 e. The van der Waals surface area contributed by atoms with Crippen LogP contribution in [0.3, 0.4) is 0 Å². The summed E-state index contributed by atoms with van der Waals surface area (Å²) in [4.78, 5) is 0. The number of para-hydroxylation sites is 5. The highest BCUT2D eigenvalue weighted by Crippen LogP contribution is 2.47. The molecule has 0 radical (unpaired) electrons. The monoisotopic (exact) mass is 574 g/mol. The van der Waals surface area contributed by atoms with Gasteiger partial charge in [0.15, 0.2) is 5.75 Å². The molecule has 3 nitrogen and oxygen atoms in total. The van der Waals surface area contributed by atoms with Gasteiger partial charge >= 0.3 is 0 Å². The molecule has 0 amide bonds. The third kappa shape index (κ3) is 3.41. The molecule has 7 aromatic carbocycles. The molecule has 0 spiro atoms. The summed E-state index contributed by atoms with van der Waals surface area (Å²) in [7, 11) is 0. The number of nitrogens with zero attached hydrogens (tertiary/aromatic N) is 2. The van der Waals surface area contributed by atoms with Gasteiger partial charge in [0.1, 0.15) is 5.75 Å². The SMILES string of the molecule is c1ccc2c(c1)Oc1cccc3c4cc(-n5c6ccccc6c6ccccc65)ccc4n(c13)-c1ccccc1-c1ccccc1-2. The molecular weight excluding hydrogens is 548 g/mol. The van der Waals surface area contributed by atoms with Crippen molar-refractivity contribution in [2.75, 3.05) is 0 Å². The summed E-state index contributed by atoms with van der Waals surface area (Å²) in [5.41, 5.74) is 11.5. The van der Waals surface area contributed by atoms with Crippen LogP contribution in [0.4, 0.5) is 0 Å². The summed E-state index contributed by atoms with van der Waals surface area (Å²) >= 11 is 0. The third-order valence-corrected chi connectivity index (χ3v) is 9.33. The van der Waals surface area contributed by atoms with E-state index in [2.05, 4.69) is 167 Å². The lowest BCUT2D eigenvalue weighted by Crippen LogP contribution is -2.01. The van der Waals surface area contributed by atoms with Crippen molar-refractivity contribution in [1.29, 1.82) is 0 Å². The molecule has 10 rings (SSSR count). The average molecular weight is 575 g/mol. The predicted molar refractivity (Wildman–Crippen MR) is 186 cm³/mol. The van der Waals surface area contributed by atoms with E-state index in [1.54, 1.807) is 0 Å². The van der Waals surface area contributed by atoms with Gasteiger partial charge in [-0.05, 0) is 59.7 Å². The molecular formula is C42H26N2O. The van der Waals surface area contributed by atoms with E-state index in [1.165, 1.54) is 38.3 Å². The van der Waals surface area contributed by atoms with E-state index in [9.17, 15) is 0 Å². The van der Waals surface area contributed by atoms with E-state index < -0.39 is 0 Å². The normalized spacial score (nSPS) is 12.2. The Morgan fingerprint density at radius 2 is 0.911 bits per heavy atom. The van der Waals surface area contributed by atoms with E-state index in [1.807, 2.05) is 0 Å². The second-order valence-electron chi connectivity index (χ2n) is 11.7. The van der Waals surface area contributed by atoms with Crippen LogP contribution in [-0.4, -0.2) is 9.13 Å². The topological polar surface area (TPSA) is 19.1 Å². The molecule has 9 aromatic rings. The van der Waals surface area contributed by atoms with Crippen molar-refractivity contribution in [2.45, 2.75) is 0 Å². The van der Waals surface area contributed by atoms with Crippen LogP contribution < -0.4 is 4.74 Å². The van der Waals surface area contributed by atoms with Crippen molar-refractivity contribution < 1.29 is 4.74 Å². The predicted octanol–water partition coefficient (Wildman–Crippen LogP) is 11.3. The van der Waals surface area contributed by atoms with Gasteiger partial charge in [-0.15, -0.1) is 0 Å². The zero-order chi connectivity index (χ0) is 29.5. The largest absolute Gasteiger partial charge is 0.454 e. The Balaban J connectivity index is 1.34. The van der Waals surface area contributed by atoms with E-state index in [-0.39, 0.29) is 0 Å². The second kappa shape index (κ2) is 9.22. The molecule has 3 heteroatoms. The molecule has 2 aromatic heterocycles. The zero-order valence-electron chi connectivity index (χ0n) is 24.3. The molecule has 0 atom stereocenters. The molecule has 0 saturated heterocycles. The first-order valence-electron chi connectivity index (χ1n) is 15.4.